The van der Waals surface area contributed by atoms with Crippen molar-refractivity contribution in [1.29, 1.82) is 0 Å². The van der Waals surface area contributed by atoms with Crippen LogP contribution in [-0.4, -0.2) is 55.6 Å². The Morgan fingerprint density at radius 1 is 1.08 bits per heavy atom. The number of nitrogens with zero attached hydrogens (tertiary/aromatic N) is 3. The highest BCUT2D eigenvalue weighted by Crippen LogP contribution is 2.16. The molecule has 0 aliphatic carbocycles. The first-order chi connectivity index (χ1) is 12.2. The van der Waals surface area contributed by atoms with Gasteiger partial charge in [0.25, 0.3) is 0 Å². The fourth-order valence-electron chi connectivity index (χ4n) is 3.18. The summed E-state index contributed by atoms with van der Waals surface area (Å²) in [6.07, 6.45) is 8.98. The van der Waals surface area contributed by atoms with E-state index in [2.05, 4.69) is 39.4 Å². The molecule has 0 atom stereocenters. The van der Waals surface area contributed by atoms with Gasteiger partial charge in [0.15, 0.2) is 5.96 Å². The second-order valence-corrected chi connectivity index (χ2v) is 8.18. The lowest BCUT2D eigenvalue weighted by atomic mass is 10.1. The Morgan fingerprint density at radius 3 is 2.52 bits per heavy atom. The van der Waals surface area contributed by atoms with Gasteiger partial charge in [0.2, 0.25) is 0 Å². The molecular formula is C19H35N5S. The molecule has 0 spiro atoms. The van der Waals surface area contributed by atoms with Crippen LogP contribution in [0.4, 0.5) is 0 Å². The fourth-order valence-corrected chi connectivity index (χ4v) is 4.12. The number of aromatic nitrogens is 1. The zero-order chi connectivity index (χ0) is 17.9. The van der Waals surface area contributed by atoms with Gasteiger partial charge < -0.3 is 15.5 Å². The molecule has 0 saturated carbocycles. The minimum absolute atomic E-state index is 0.876. The van der Waals surface area contributed by atoms with E-state index in [4.69, 9.17) is 0 Å². The Kier molecular flexibility index (Phi) is 9.26. The molecule has 2 rings (SSSR count). The molecule has 0 radical (unpaired) electrons. The molecule has 0 aromatic carbocycles. The van der Waals surface area contributed by atoms with Gasteiger partial charge in [-0.15, -0.1) is 11.3 Å². The number of aryl methyl sites for hydroxylation is 2. The molecule has 0 unspecified atom stereocenters. The number of guanidine groups is 1. The number of hydrogen-bond donors (Lipinski definition) is 2. The van der Waals surface area contributed by atoms with E-state index in [0.29, 0.717) is 0 Å². The summed E-state index contributed by atoms with van der Waals surface area (Å²) in [5, 5.41) is 8.01. The molecule has 5 nitrogen and oxygen atoms in total. The van der Waals surface area contributed by atoms with E-state index in [0.717, 1.165) is 31.2 Å². The maximum atomic E-state index is 4.58. The molecule has 142 valence electrons. The van der Waals surface area contributed by atoms with Gasteiger partial charge in [-0.05, 0) is 59.2 Å². The quantitative estimate of drug-likeness (QED) is 0.401. The minimum atomic E-state index is 0.876. The third-order valence-electron chi connectivity index (χ3n) is 4.82. The van der Waals surface area contributed by atoms with Gasteiger partial charge in [0.1, 0.15) is 0 Å². The van der Waals surface area contributed by atoms with E-state index in [1.807, 2.05) is 7.05 Å². The summed E-state index contributed by atoms with van der Waals surface area (Å²) in [5.74, 6) is 0.904. The number of rotatable bonds is 9. The predicted molar refractivity (Wildman–Crippen MR) is 109 cm³/mol. The zero-order valence-electron chi connectivity index (χ0n) is 16.2. The molecule has 1 aromatic rings. The standard InChI is InChI=1S/C19H35N5S/c1-16-17(2)25-18(23-16)10-12-22-19(20-3)21-11-6-4-7-13-24-14-8-5-9-15-24/h4-15H2,1-3H3,(H2,20,21,22). The Morgan fingerprint density at radius 2 is 1.84 bits per heavy atom. The molecule has 0 amide bonds. The Bertz CT molecular complexity index is 500. The highest BCUT2D eigenvalue weighted by atomic mass is 32.1. The average Bonchev–Trinajstić information content (AvgIpc) is 2.95. The van der Waals surface area contributed by atoms with Crippen molar-refractivity contribution in [3.63, 3.8) is 0 Å². The summed E-state index contributed by atoms with van der Waals surface area (Å²) in [7, 11) is 1.84. The molecule has 2 N–H and O–H groups in total. The number of nitrogens with one attached hydrogen (secondary N) is 2. The van der Waals surface area contributed by atoms with E-state index in [9.17, 15) is 0 Å². The van der Waals surface area contributed by atoms with Crippen molar-refractivity contribution in [2.24, 2.45) is 4.99 Å². The van der Waals surface area contributed by atoms with E-state index < -0.39 is 0 Å². The summed E-state index contributed by atoms with van der Waals surface area (Å²) < 4.78 is 0. The van der Waals surface area contributed by atoms with Crippen LogP contribution in [0.2, 0.25) is 0 Å². The Balaban J connectivity index is 1.50. The Labute approximate surface area is 157 Å². The van der Waals surface area contributed by atoms with Gasteiger partial charge in [-0.2, -0.15) is 0 Å². The maximum absolute atomic E-state index is 4.58. The molecule has 6 heteroatoms. The van der Waals surface area contributed by atoms with E-state index >= 15 is 0 Å². The van der Waals surface area contributed by atoms with Crippen molar-refractivity contribution in [3.05, 3.63) is 15.6 Å². The van der Waals surface area contributed by atoms with Gasteiger partial charge in [-0.25, -0.2) is 4.98 Å². The van der Waals surface area contributed by atoms with Crippen LogP contribution in [0.15, 0.2) is 4.99 Å². The summed E-state index contributed by atoms with van der Waals surface area (Å²) in [6.45, 7) is 9.99. The summed E-state index contributed by atoms with van der Waals surface area (Å²) in [5.41, 5.74) is 1.16. The molecule has 0 bridgehead atoms. The second-order valence-electron chi connectivity index (χ2n) is 6.89. The fraction of sp³-hybridized carbons (Fsp3) is 0.789. The van der Waals surface area contributed by atoms with E-state index in [-0.39, 0.29) is 0 Å². The first-order valence-corrected chi connectivity index (χ1v) is 10.6. The van der Waals surface area contributed by atoms with Crippen LogP contribution in [0.5, 0.6) is 0 Å². The van der Waals surface area contributed by atoms with Crippen molar-refractivity contribution < 1.29 is 0 Å². The average molecular weight is 366 g/mol. The van der Waals surface area contributed by atoms with Crippen LogP contribution < -0.4 is 10.6 Å². The van der Waals surface area contributed by atoms with Crippen molar-refractivity contribution in [2.75, 3.05) is 39.8 Å². The number of hydrogen-bond acceptors (Lipinski definition) is 4. The van der Waals surface area contributed by atoms with Crippen molar-refractivity contribution in [2.45, 2.75) is 58.8 Å². The van der Waals surface area contributed by atoms with Crippen LogP contribution in [0, 0.1) is 13.8 Å². The van der Waals surface area contributed by atoms with Crippen LogP contribution in [0.3, 0.4) is 0 Å². The summed E-state index contributed by atoms with van der Waals surface area (Å²) >= 11 is 1.80. The maximum Gasteiger partial charge on any atom is 0.190 e. The lowest BCUT2D eigenvalue weighted by molar-refractivity contribution is 0.224. The van der Waals surface area contributed by atoms with Crippen LogP contribution >= 0.6 is 11.3 Å². The SMILES string of the molecule is CN=C(NCCCCCN1CCCCC1)NCCc1nc(C)c(C)s1. The number of aliphatic imine (C=N–C) groups is 1. The second kappa shape index (κ2) is 11.5. The summed E-state index contributed by atoms with van der Waals surface area (Å²) in [4.78, 5) is 12.8. The molecule has 25 heavy (non-hydrogen) atoms. The van der Waals surface area contributed by atoms with Gasteiger partial charge in [-0.3, -0.25) is 4.99 Å². The molecule has 1 aromatic heterocycles. The minimum Gasteiger partial charge on any atom is -0.356 e. The number of unbranched alkanes of at least 4 members (excludes halogenated alkanes) is 2. The van der Waals surface area contributed by atoms with E-state index in [1.165, 1.54) is 68.0 Å². The highest BCUT2D eigenvalue weighted by molar-refractivity contribution is 7.11. The number of thiazole rings is 1. The molecule has 1 aliphatic heterocycles. The molecule has 2 heterocycles. The largest absolute Gasteiger partial charge is 0.356 e. The van der Waals surface area contributed by atoms with E-state index in [1.54, 1.807) is 11.3 Å². The smallest absolute Gasteiger partial charge is 0.190 e. The van der Waals surface area contributed by atoms with Gasteiger partial charge >= 0.3 is 0 Å². The molecule has 1 aliphatic rings. The van der Waals surface area contributed by atoms with Crippen LogP contribution in [0.1, 0.15) is 54.1 Å². The monoisotopic (exact) mass is 365 g/mol. The first-order valence-electron chi connectivity index (χ1n) is 9.79. The number of piperidine rings is 1. The molecule has 1 fully saturated rings. The van der Waals surface area contributed by atoms with Crippen LogP contribution in [-0.2, 0) is 6.42 Å². The zero-order valence-corrected chi connectivity index (χ0v) is 17.1. The van der Waals surface area contributed by atoms with Crippen LogP contribution in [0.25, 0.3) is 0 Å². The summed E-state index contributed by atoms with van der Waals surface area (Å²) in [6, 6.07) is 0. The topological polar surface area (TPSA) is 52.6 Å². The highest BCUT2D eigenvalue weighted by Gasteiger charge is 2.08. The van der Waals surface area contributed by atoms with Gasteiger partial charge in [-0.1, -0.05) is 12.8 Å². The normalized spacial score (nSPS) is 16.2. The Hall–Kier alpha value is -1.14. The third kappa shape index (κ3) is 7.74. The van der Waals surface area contributed by atoms with Gasteiger partial charge in [0.05, 0.1) is 10.7 Å². The van der Waals surface area contributed by atoms with Crippen molar-refractivity contribution in [3.8, 4) is 0 Å². The lowest BCUT2D eigenvalue weighted by Gasteiger charge is -2.26. The van der Waals surface area contributed by atoms with Gasteiger partial charge in [0, 0.05) is 31.4 Å². The number of likely N-dealkylation sites (tertiary alicyclic amines) is 1. The lowest BCUT2D eigenvalue weighted by Crippen LogP contribution is -2.38. The first kappa shape index (κ1) is 20.2. The van der Waals surface area contributed by atoms with Crippen molar-refractivity contribution in [1.82, 2.24) is 20.5 Å². The molecule has 1 saturated heterocycles. The third-order valence-corrected chi connectivity index (χ3v) is 5.95. The molecular weight excluding hydrogens is 330 g/mol. The van der Waals surface area contributed by atoms with Crippen molar-refractivity contribution >= 4 is 17.3 Å². The predicted octanol–water partition coefficient (Wildman–Crippen LogP) is 3.12.